The average molecular weight is 230 g/mol. The Morgan fingerprint density at radius 3 is 2.94 bits per heavy atom. The molecule has 16 heavy (non-hydrogen) atoms. The Morgan fingerprint density at radius 2 is 2.44 bits per heavy atom. The zero-order valence-electron chi connectivity index (χ0n) is 10.1. The van der Waals surface area contributed by atoms with E-state index in [0.29, 0.717) is 19.6 Å². The van der Waals surface area contributed by atoms with E-state index in [1.54, 1.807) is 0 Å². The summed E-state index contributed by atoms with van der Waals surface area (Å²) in [5.74, 6) is -0.0926. The van der Waals surface area contributed by atoms with E-state index in [1.165, 1.54) is 0 Å². The highest BCUT2D eigenvalue weighted by molar-refractivity contribution is 5.81. The van der Waals surface area contributed by atoms with Crippen LogP contribution in [0.25, 0.3) is 0 Å². The zero-order valence-corrected chi connectivity index (χ0v) is 10.1. The minimum Gasteiger partial charge on any atom is -0.396 e. The first-order valence-corrected chi connectivity index (χ1v) is 5.86. The Balaban J connectivity index is 2.47. The summed E-state index contributed by atoms with van der Waals surface area (Å²) in [5.41, 5.74) is -0.341. The molecular formula is C11H22N2O3. The van der Waals surface area contributed by atoms with Crippen molar-refractivity contribution in [3.05, 3.63) is 0 Å². The molecule has 5 nitrogen and oxygen atoms in total. The highest BCUT2D eigenvalue weighted by Crippen LogP contribution is 2.14. The number of amides is 1. The smallest absolute Gasteiger partial charge is 0.250 e. The van der Waals surface area contributed by atoms with Crippen molar-refractivity contribution in [2.24, 2.45) is 0 Å². The van der Waals surface area contributed by atoms with E-state index >= 15 is 0 Å². The zero-order chi connectivity index (χ0) is 12.0. The van der Waals surface area contributed by atoms with Crippen LogP contribution < -0.4 is 10.6 Å². The summed E-state index contributed by atoms with van der Waals surface area (Å²) in [6.45, 7) is 5.94. The molecule has 1 rings (SSSR count). The van der Waals surface area contributed by atoms with E-state index < -0.39 is 6.10 Å². The molecule has 2 atom stereocenters. The van der Waals surface area contributed by atoms with Gasteiger partial charge < -0.3 is 20.5 Å². The molecule has 0 bridgehead atoms. The van der Waals surface area contributed by atoms with Gasteiger partial charge in [-0.2, -0.15) is 0 Å². The van der Waals surface area contributed by atoms with Gasteiger partial charge in [-0.15, -0.1) is 0 Å². The lowest BCUT2D eigenvalue weighted by Gasteiger charge is -2.32. The number of hydrogen-bond donors (Lipinski definition) is 3. The van der Waals surface area contributed by atoms with Gasteiger partial charge in [0.2, 0.25) is 0 Å². The van der Waals surface area contributed by atoms with Crippen LogP contribution >= 0.6 is 0 Å². The molecule has 1 aliphatic rings. The number of nitrogens with one attached hydrogen (secondary N) is 2. The summed E-state index contributed by atoms with van der Waals surface area (Å²) in [4.78, 5) is 11.9. The first kappa shape index (κ1) is 13.4. The van der Waals surface area contributed by atoms with Crippen LogP contribution in [0.15, 0.2) is 0 Å². The number of carbonyl (C=O) groups is 1. The van der Waals surface area contributed by atoms with Crippen LogP contribution in [-0.4, -0.2) is 49.0 Å². The highest BCUT2D eigenvalue weighted by atomic mass is 16.5. The Bertz CT molecular complexity index is 229. The van der Waals surface area contributed by atoms with Crippen molar-refractivity contribution in [3.8, 4) is 0 Å². The Labute approximate surface area is 96.6 Å². The van der Waals surface area contributed by atoms with E-state index in [-0.39, 0.29) is 18.1 Å². The van der Waals surface area contributed by atoms with Gasteiger partial charge in [0.15, 0.2) is 0 Å². The molecule has 3 N–H and O–H groups in total. The summed E-state index contributed by atoms with van der Waals surface area (Å²) in [6, 6.07) is 0. The molecular weight excluding hydrogens is 208 g/mol. The monoisotopic (exact) mass is 230 g/mol. The lowest BCUT2D eigenvalue weighted by Crippen LogP contribution is -2.54. The van der Waals surface area contributed by atoms with Crippen LogP contribution in [0.1, 0.15) is 26.7 Å². The molecule has 0 radical (unpaired) electrons. The molecule has 1 fully saturated rings. The SMILES string of the molecule is CCC(C)(CCO)NC(=O)C1CNCCO1. The molecule has 1 saturated heterocycles. The van der Waals surface area contributed by atoms with Crippen molar-refractivity contribution in [1.82, 2.24) is 10.6 Å². The summed E-state index contributed by atoms with van der Waals surface area (Å²) in [5, 5.41) is 15.0. The summed E-state index contributed by atoms with van der Waals surface area (Å²) >= 11 is 0. The Kier molecular flexibility index (Phi) is 5.18. The van der Waals surface area contributed by atoms with Crippen LogP contribution in [0.3, 0.4) is 0 Å². The van der Waals surface area contributed by atoms with Gasteiger partial charge >= 0.3 is 0 Å². The number of hydrogen-bond acceptors (Lipinski definition) is 4. The number of ether oxygens (including phenoxy) is 1. The number of morpholine rings is 1. The third-order valence-corrected chi connectivity index (χ3v) is 3.09. The van der Waals surface area contributed by atoms with Gasteiger partial charge in [0.1, 0.15) is 6.10 Å². The first-order chi connectivity index (χ1) is 7.61. The average Bonchev–Trinajstić information content (AvgIpc) is 2.30. The van der Waals surface area contributed by atoms with Crippen molar-refractivity contribution >= 4 is 5.91 Å². The molecule has 5 heteroatoms. The van der Waals surface area contributed by atoms with Gasteiger partial charge in [0.25, 0.3) is 5.91 Å². The van der Waals surface area contributed by atoms with Crippen molar-refractivity contribution in [2.75, 3.05) is 26.3 Å². The molecule has 2 unspecified atom stereocenters. The standard InChI is InChI=1S/C11H22N2O3/c1-3-11(2,4-6-14)13-10(15)9-8-12-5-7-16-9/h9,12,14H,3-8H2,1-2H3,(H,13,15). The molecule has 94 valence electrons. The lowest BCUT2D eigenvalue weighted by molar-refractivity contribution is -0.136. The predicted octanol–water partition coefficient (Wildman–Crippen LogP) is -0.358. The maximum absolute atomic E-state index is 11.9. The molecule has 0 aliphatic carbocycles. The number of aliphatic hydroxyl groups excluding tert-OH is 1. The fraction of sp³-hybridized carbons (Fsp3) is 0.909. The van der Waals surface area contributed by atoms with Crippen molar-refractivity contribution in [1.29, 1.82) is 0 Å². The lowest BCUT2D eigenvalue weighted by atomic mass is 9.94. The summed E-state index contributed by atoms with van der Waals surface area (Å²) < 4.78 is 5.37. The minimum absolute atomic E-state index is 0.0778. The molecule has 0 spiro atoms. The van der Waals surface area contributed by atoms with Gasteiger partial charge in [0, 0.05) is 25.2 Å². The van der Waals surface area contributed by atoms with E-state index in [0.717, 1.165) is 13.0 Å². The maximum Gasteiger partial charge on any atom is 0.250 e. The number of carbonyl (C=O) groups excluding carboxylic acids is 1. The van der Waals surface area contributed by atoms with Crippen molar-refractivity contribution < 1.29 is 14.6 Å². The van der Waals surface area contributed by atoms with Gasteiger partial charge in [0.05, 0.1) is 6.61 Å². The fourth-order valence-electron chi connectivity index (χ4n) is 1.69. The van der Waals surface area contributed by atoms with Gasteiger partial charge in [-0.25, -0.2) is 0 Å². The molecule has 0 aromatic rings. The Morgan fingerprint density at radius 1 is 1.69 bits per heavy atom. The Hall–Kier alpha value is -0.650. The number of aliphatic hydroxyl groups is 1. The topological polar surface area (TPSA) is 70.6 Å². The van der Waals surface area contributed by atoms with Gasteiger partial charge in [-0.1, -0.05) is 6.92 Å². The maximum atomic E-state index is 11.9. The number of rotatable bonds is 5. The van der Waals surface area contributed by atoms with E-state index in [9.17, 15) is 4.79 Å². The first-order valence-electron chi connectivity index (χ1n) is 5.86. The van der Waals surface area contributed by atoms with Gasteiger partial charge in [-0.3, -0.25) is 4.79 Å². The van der Waals surface area contributed by atoms with E-state index in [2.05, 4.69) is 10.6 Å². The van der Waals surface area contributed by atoms with Crippen LogP contribution in [0.5, 0.6) is 0 Å². The highest BCUT2D eigenvalue weighted by Gasteiger charge is 2.29. The predicted molar refractivity (Wildman–Crippen MR) is 61.2 cm³/mol. The minimum atomic E-state index is -0.404. The quantitative estimate of drug-likeness (QED) is 0.603. The largest absolute Gasteiger partial charge is 0.396 e. The second-order valence-electron chi connectivity index (χ2n) is 4.44. The van der Waals surface area contributed by atoms with Crippen molar-refractivity contribution in [3.63, 3.8) is 0 Å². The van der Waals surface area contributed by atoms with Crippen LogP contribution in [0.2, 0.25) is 0 Å². The third kappa shape index (κ3) is 3.73. The second kappa shape index (κ2) is 6.18. The normalized spacial score (nSPS) is 24.8. The molecule has 1 heterocycles. The molecule has 0 saturated carbocycles. The van der Waals surface area contributed by atoms with Gasteiger partial charge in [-0.05, 0) is 19.8 Å². The van der Waals surface area contributed by atoms with Crippen LogP contribution in [0, 0.1) is 0 Å². The van der Waals surface area contributed by atoms with Crippen LogP contribution in [0.4, 0.5) is 0 Å². The molecule has 0 aromatic carbocycles. The molecule has 1 aliphatic heterocycles. The van der Waals surface area contributed by atoms with Crippen LogP contribution in [-0.2, 0) is 9.53 Å². The third-order valence-electron chi connectivity index (χ3n) is 3.09. The second-order valence-corrected chi connectivity index (χ2v) is 4.44. The molecule has 0 aromatic heterocycles. The van der Waals surface area contributed by atoms with Crippen molar-refractivity contribution in [2.45, 2.75) is 38.3 Å². The van der Waals surface area contributed by atoms with E-state index in [4.69, 9.17) is 9.84 Å². The van der Waals surface area contributed by atoms with E-state index in [1.807, 2.05) is 13.8 Å². The fourth-order valence-corrected chi connectivity index (χ4v) is 1.69. The molecule has 1 amide bonds. The summed E-state index contributed by atoms with van der Waals surface area (Å²) in [7, 11) is 0. The summed E-state index contributed by atoms with van der Waals surface area (Å²) in [6.07, 6.45) is 0.952.